The quantitative estimate of drug-likeness (QED) is 0.488. The lowest BCUT2D eigenvalue weighted by Gasteiger charge is -2.16. The van der Waals surface area contributed by atoms with Gasteiger partial charge in [0.1, 0.15) is 12.1 Å². The molecule has 152 valence electrons. The van der Waals surface area contributed by atoms with E-state index < -0.39 is 17.2 Å². The fourth-order valence-electron chi connectivity index (χ4n) is 2.90. The third-order valence-electron chi connectivity index (χ3n) is 4.45. The Morgan fingerprint density at radius 1 is 1.17 bits per heavy atom. The van der Waals surface area contributed by atoms with Crippen molar-refractivity contribution in [2.45, 2.75) is 13.5 Å². The van der Waals surface area contributed by atoms with E-state index in [-0.39, 0.29) is 17.5 Å². The molecule has 0 aliphatic carbocycles. The molecule has 0 fully saturated rings. The fourth-order valence-corrected chi connectivity index (χ4v) is 3.10. The van der Waals surface area contributed by atoms with Crippen LogP contribution < -0.4 is 10.9 Å². The average Bonchev–Trinajstić information content (AvgIpc) is 3.25. The van der Waals surface area contributed by atoms with Crippen LogP contribution in [-0.4, -0.2) is 14.5 Å². The van der Waals surface area contributed by atoms with Gasteiger partial charge in [0.25, 0.3) is 0 Å². The van der Waals surface area contributed by atoms with E-state index in [2.05, 4.69) is 15.3 Å². The minimum Gasteiger partial charge on any atom is -0.445 e. The van der Waals surface area contributed by atoms with E-state index in [1.54, 1.807) is 6.07 Å². The number of halogens is 3. The lowest BCUT2D eigenvalue weighted by molar-refractivity contribution is 0.574. The summed E-state index contributed by atoms with van der Waals surface area (Å²) in [6.07, 6.45) is 4.05. The highest BCUT2D eigenvalue weighted by atomic mass is 35.5. The summed E-state index contributed by atoms with van der Waals surface area (Å²) in [7, 11) is 0. The zero-order chi connectivity index (χ0) is 21.3. The first-order valence-corrected chi connectivity index (χ1v) is 9.27. The number of hydrogen-bond donors (Lipinski definition) is 1. The van der Waals surface area contributed by atoms with Gasteiger partial charge in [-0.05, 0) is 42.3 Å². The van der Waals surface area contributed by atoms with Gasteiger partial charge >= 0.3 is 5.56 Å². The molecule has 0 spiro atoms. The number of nitrogens with zero attached hydrogens (tertiary/aromatic N) is 3. The topological polar surface area (TPSA) is 73.0 Å². The first kappa shape index (κ1) is 19.8. The summed E-state index contributed by atoms with van der Waals surface area (Å²) in [5.74, 6) is -1.00. The van der Waals surface area contributed by atoms with Gasteiger partial charge in [-0.25, -0.2) is 9.37 Å². The first-order valence-electron chi connectivity index (χ1n) is 8.89. The summed E-state index contributed by atoms with van der Waals surface area (Å²) in [4.78, 5) is 19.8. The first-order chi connectivity index (χ1) is 14.4. The summed E-state index contributed by atoms with van der Waals surface area (Å²) < 4.78 is 34.1. The van der Waals surface area contributed by atoms with Gasteiger partial charge in [-0.15, -0.1) is 0 Å². The molecule has 0 saturated heterocycles. The third kappa shape index (κ3) is 4.08. The number of benzene rings is 2. The Hall–Kier alpha value is -3.52. The summed E-state index contributed by atoms with van der Waals surface area (Å²) in [6.45, 7) is 1.98. The van der Waals surface area contributed by atoms with Crippen LogP contribution in [-0.2, 0) is 6.54 Å². The van der Waals surface area contributed by atoms with Crippen LogP contribution in [0.15, 0.2) is 64.3 Å². The molecule has 4 rings (SSSR count). The van der Waals surface area contributed by atoms with E-state index in [0.717, 1.165) is 17.3 Å². The SMILES string of the molecule is Cc1ccc(-c2ncco2)cc1Nc1nc(=O)c(F)cn1Cc1ccc(F)c(Cl)c1. The van der Waals surface area contributed by atoms with Crippen LogP contribution in [0.3, 0.4) is 0 Å². The van der Waals surface area contributed by atoms with Gasteiger partial charge < -0.3 is 14.3 Å². The smallest absolute Gasteiger partial charge is 0.310 e. The van der Waals surface area contributed by atoms with Crippen LogP contribution >= 0.6 is 11.6 Å². The van der Waals surface area contributed by atoms with Crippen LogP contribution in [0.5, 0.6) is 0 Å². The number of aromatic nitrogens is 3. The van der Waals surface area contributed by atoms with Gasteiger partial charge in [0.15, 0.2) is 0 Å². The molecule has 0 saturated carbocycles. The molecule has 4 aromatic rings. The second-order valence-corrected chi connectivity index (χ2v) is 6.99. The molecular weight excluding hydrogens is 414 g/mol. The minimum atomic E-state index is -1.00. The van der Waals surface area contributed by atoms with Gasteiger partial charge in [-0.1, -0.05) is 23.7 Å². The Balaban J connectivity index is 1.72. The Morgan fingerprint density at radius 2 is 2.00 bits per heavy atom. The minimum absolute atomic E-state index is 0.0500. The molecule has 0 atom stereocenters. The van der Waals surface area contributed by atoms with E-state index >= 15 is 0 Å². The van der Waals surface area contributed by atoms with E-state index in [0.29, 0.717) is 17.1 Å². The van der Waals surface area contributed by atoms with Gasteiger partial charge in [-0.3, -0.25) is 4.79 Å². The van der Waals surface area contributed by atoms with E-state index in [4.69, 9.17) is 16.0 Å². The van der Waals surface area contributed by atoms with Gasteiger partial charge in [-0.2, -0.15) is 9.37 Å². The largest absolute Gasteiger partial charge is 0.445 e. The van der Waals surface area contributed by atoms with E-state index in [1.807, 2.05) is 19.1 Å². The summed E-state index contributed by atoms with van der Waals surface area (Å²) in [5, 5.41) is 3.02. The maximum Gasteiger partial charge on any atom is 0.310 e. The Labute approximate surface area is 174 Å². The Bertz CT molecular complexity index is 1270. The van der Waals surface area contributed by atoms with Crippen molar-refractivity contribution < 1.29 is 13.2 Å². The highest BCUT2D eigenvalue weighted by Gasteiger charge is 2.13. The molecule has 30 heavy (non-hydrogen) atoms. The van der Waals surface area contributed by atoms with Gasteiger partial charge in [0, 0.05) is 17.4 Å². The van der Waals surface area contributed by atoms with E-state index in [1.165, 1.54) is 35.2 Å². The highest BCUT2D eigenvalue weighted by Crippen LogP contribution is 2.26. The second-order valence-electron chi connectivity index (χ2n) is 6.59. The molecular formula is C21H15ClF2N4O2. The molecule has 2 aromatic heterocycles. The average molecular weight is 429 g/mol. The fraction of sp³-hybridized carbons (Fsp3) is 0.0952. The molecule has 2 aromatic carbocycles. The van der Waals surface area contributed by atoms with Crippen LogP contribution in [0.4, 0.5) is 20.4 Å². The zero-order valence-corrected chi connectivity index (χ0v) is 16.5. The van der Waals surface area contributed by atoms with Crippen molar-refractivity contribution in [1.29, 1.82) is 0 Å². The van der Waals surface area contributed by atoms with Crippen molar-refractivity contribution in [2.24, 2.45) is 0 Å². The zero-order valence-electron chi connectivity index (χ0n) is 15.7. The van der Waals surface area contributed by atoms with Crippen LogP contribution in [0.25, 0.3) is 11.5 Å². The van der Waals surface area contributed by atoms with Crippen LogP contribution in [0, 0.1) is 18.6 Å². The maximum atomic E-state index is 13.9. The van der Waals surface area contributed by atoms with Crippen LogP contribution in [0.1, 0.15) is 11.1 Å². The van der Waals surface area contributed by atoms with Gasteiger partial charge in [0.2, 0.25) is 17.7 Å². The summed E-state index contributed by atoms with van der Waals surface area (Å²) >= 11 is 5.84. The highest BCUT2D eigenvalue weighted by molar-refractivity contribution is 6.30. The molecule has 0 aliphatic rings. The van der Waals surface area contributed by atoms with Crippen molar-refractivity contribution in [3.05, 3.63) is 93.2 Å². The number of oxazole rings is 1. The normalized spacial score (nSPS) is 10.9. The standard InChI is InChI=1S/C21H15ClF2N4O2/c1-12-2-4-14(20-25-6-7-30-20)9-18(12)26-21-27-19(29)17(24)11-28(21)10-13-3-5-16(23)15(22)8-13/h2-9,11H,10H2,1H3,(H,26,27,29). The van der Waals surface area contributed by atoms with Crippen LogP contribution in [0.2, 0.25) is 5.02 Å². The number of rotatable bonds is 5. The lowest BCUT2D eigenvalue weighted by Crippen LogP contribution is -2.20. The molecule has 0 radical (unpaired) electrons. The van der Waals surface area contributed by atoms with Gasteiger partial charge in [0.05, 0.1) is 17.8 Å². The summed E-state index contributed by atoms with van der Waals surface area (Å²) in [5.41, 5.74) is 1.83. The Kier molecular flexibility index (Phi) is 5.33. The predicted octanol–water partition coefficient (Wildman–Crippen LogP) is 4.93. The number of hydrogen-bond acceptors (Lipinski definition) is 5. The second kappa shape index (κ2) is 8.08. The Morgan fingerprint density at radius 3 is 2.73 bits per heavy atom. The number of nitrogens with one attached hydrogen (secondary N) is 1. The molecule has 0 amide bonds. The van der Waals surface area contributed by atoms with Crippen molar-refractivity contribution in [3.8, 4) is 11.5 Å². The third-order valence-corrected chi connectivity index (χ3v) is 4.74. The lowest BCUT2D eigenvalue weighted by atomic mass is 10.1. The van der Waals surface area contributed by atoms with Crippen molar-refractivity contribution in [2.75, 3.05) is 5.32 Å². The molecule has 9 heteroatoms. The van der Waals surface area contributed by atoms with Crippen molar-refractivity contribution in [3.63, 3.8) is 0 Å². The molecule has 1 N–H and O–H groups in total. The van der Waals surface area contributed by atoms with Crippen molar-refractivity contribution in [1.82, 2.24) is 14.5 Å². The molecule has 0 aliphatic heterocycles. The molecule has 2 heterocycles. The summed E-state index contributed by atoms with van der Waals surface area (Å²) in [6, 6.07) is 9.67. The number of aryl methyl sites for hydroxylation is 1. The van der Waals surface area contributed by atoms with E-state index in [9.17, 15) is 13.6 Å². The van der Waals surface area contributed by atoms with Crippen molar-refractivity contribution >= 4 is 23.2 Å². The predicted molar refractivity (Wildman–Crippen MR) is 109 cm³/mol. The maximum absolute atomic E-state index is 13.9. The molecule has 6 nitrogen and oxygen atoms in total. The molecule has 0 bridgehead atoms. The monoisotopic (exact) mass is 428 g/mol. The molecule has 0 unspecified atom stereocenters. The number of anilines is 2.